The van der Waals surface area contributed by atoms with Crippen molar-refractivity contribution in [1.82, 2.24) is 0 Å². The van der Waals surface area contributed by atoms with Crippen molar-refractivity contribution in [2.24, 2.45) is 17.3 Å². The van der Waals surface area contributed by atoms with Crippen molar-refractivity contribution in [3.05, 3.63) is 0 Å². The Kier molecular flexibility index (Phi) is 2.88. The molecular formula is C10H13F3O2S. The van der Waals surface area contributed by atoms with Gasteiger partial charge in [0.2, 0.25) is 0 Å². The second-order valence-corrected chi connectivity index (χ2v) is 5.95. The van der Waals surface area contributed by atoms with Crippen LogP contribution in [0.5, 0.6) is 0 Å². The van der Waals surface area contributed by atoms with Gasteiger partial charge in [-0.2, -0.15) is 13.2 Å². The fourth-order valence-corrected chi connectivity index (χ4v) is 3.47. The van der Waals surface area contributed by atoms with E-state index in [2.05, 4.69) is 0 Å². The molecule has 2 rings (SSSR count). The van der Waals surface area contributed by atoms with Crippen molar-refractivity contribution < 1.29 is 23.1 Å². The van der Waals surface area contributed by atoms with Crippen LogP contribution in [0, 0.1) is 17.3 Å². The summed E-state index contributed by atoms with van der Waals surface area (Å²) in [7, 11) is 0. The number of carboxylic acids is 1. The van der Waals surface area contributed by atoms with E-state index in [1.165, 1.54) is 0 Å². The Bertz CT molecular complexity index is 293. The zero-order valence-electron chi connectivity index (χ0n) is 8.59. The number of halogens is 3. The van der Waals surface area contributed by atoms with Crippen LogP contribution in [0.1, 0.15) is 25.7 Å². The van der Waals surface area contributed by atoms with Crippen LogP contribution < -0.4 is 0 Å². The van der Waals surface area contributed by atoms with Crippen molar-refractivity contribution in [3.8, 4) is 0 Å². The van der Waals surface area contributed by atoms with Crippen LogP contribution in [0.4, 0.5) is 13.2 Å². The van der Waals surface area contributed by atoms with E-state index in [-0.39, 0.29) is 23.9 Å². The SMILES string of the molecule is O=C(O)C1(CCSC(F)(F)F)CC2CC2C1. The molecule has 2 atom stereocenters. The normalized spacial score (nSPS) is 37.2. The molecule has 0 amide bonds. The molecule has 2 unspecified atom stereocenters. The zero-order valence-corrected chi connectivity index (χ0v) is 9.40. The molecule has 92 valence electrons. The summed E-state index contributed by atoms with van der Waals surface area (Å²) in [6.45, 7) is 0. The first-order valence-corrected chi connectivity index (χ1v) is 6.25. The minimum Gasteiger partial charge on any atom is -0.481 e. The highest BCUT2D eigenvalue weighted by Gasteiger charge is 2.57. The van der Waals surface area contributed by atoms with Gasteiger partial charge in [0.1, 0.15) is 0 Å². The molecule has 0 bridgehead atoms. The molecule has 2 fully saturated rings. The first-order chi connectivity index (χ1) is 7.32. The lowest BCUT2D eigenvalue weighted by Gasteiger charge is -2.25. The van der Waals surface area contributed by atoms with Gasteiger partial charge in [0.15, 0.2) is 0 Å². The zero-order chi connectivity index (χ0) is 12.0. The molecule has 0 aliphatic heterocycles. The van der Waals surface area contributed by atoms with Crippen LogP contribution in [0.25, 0.3) is 0 Å². The van der Waals surface area contributed by atoms with Crippen molar-refractivity contribution in [2.45, 2.75) is 31.2 Å². The molecule has 2 nitrogen and oxygen atoms in total. The molecule has 1 N–H and O–H groups in total. The second-order valence-electron chi connectivity index (χ2n) is 4.79. The van der Waals surface area contributed by atoms with E-state index >= 15 is 0 Å². The predicted molar refractivity (Wildman–Crippen MR) is 54.0 cm³/mol. The lowest BCUT2D eigenvalue weighted by atomic mass is 9.80. The standard InChI is InChI=1S/C10H13F3O2S/c11-10(12,13)16-2-1-9(8(14)15)4-6-3-7(6)5-9/h6-7H,1-5H2,(H,14,15). The topological polar surface area (TPSA) is 37.3 Å². The summed E-state index contributed by atoms with van der Waals surface area (Å²) in [5.41, 5.74) is -5.12. The van der Waals surface area contributed by atoms with E-state index < -0.39 is 16.9 Å². The molecule has 0 aromatic carbocycles. The summed E-state index contributed by atoms with van der Waals surface area (Å²) in [6, 6.07) is 0. The monoisotopic (exact) mass is 254 g/mol. The summed E-state index contributed by atoms with van der Waals surface area (Å²) in [4.78, 5) is 11.2. The highest BCUT2D eigenvalue weighted by atomic mass is 32.2. The van der Waals surface area contributed by atoms with Gasteiger partial charge in [-0.3, -0.25) is 4.79 Å². The number of carbonyl (C=O) groups is 1. The third kappa shape index (κ3) is 2.47. The third-order valence-corrected chi connectivity index (χ3v) is 4.41. The maximum Gasteiger partial charge on any atom is 0.441 e. The van der Waals surface area contributed by atoms with Crippen molar-refractivity contribution in [1.29, 1.82) is 0 Å². The van der Waals surface area contributed by atoms with E-state index in [0.717, 1.165) is 6.42 Å². The molecule has 16 heavy (non-hydrogen) atoms. The van der Waals surface area contributed by atoms with Crippen molar-refractivity contribution >= 4 is 17.7 Å². The number of carboxylic acid groups (broad SMARTS) is 1. The predicted octanol–water partition coefficient (Wildman–Crippen LogP) is 3.13. The number of aliphatic carboxylic acids is 1. The summed E-state index contributed by atoms with van der Waals surface area (Å²) < 4.78 is 35.9. The van der Waals surface area contributed by atoms with Gasteiger partial charge in [0, 0.05) is 5.75 Å². The Morgan fingerprint density at radius 1 is 1.38 bits per heavy atom. The lowest BCUT2D eigenvalue weighted by molar-refractivity contribution is -0.149. The minimum atomic E-state index is -4.25. The number of thioether (sulfide) groups is 1. The van der Waals surface area contributed by atoms with Gasteiger partial charge in [0.05, 0.1) is 5.41 Å². The van der Waals surface area contributed by atoms with Gasteiger partial charge in [-0.25, -0.2) is 0 Å². The van der Waals surface area contributed by atoms with E-state index in [1.807, 2.05) is 0 Å². The molecule has 0 spiro atoms. The summed E-state index contributed by atoms with van der Waals surface area (Å²) >= 11 is -0.111. The average Bonchev–Trinajstić information content (AvgIpc) is 2.72. The lowest BCUT2D eigenvalue weighted by Crippen LogP contribution is -2.30. The van der Waals surface area contributed by atoms with Crippen LogP contribution >= 0.6 is 11.8 Å². The van der Waals surface area contributed by atoms with Crippen LogP contribution in [-0.4, -0.2) is 22.3 Å². The first-order valence-electron chi connectivity index (χ1n) is 5.26. The van der Waals surface area contributed by atoms with Gasteiger partial charge < -0.3 is 5.11 Å². The smallest absolute Gasteiger partial charge is 0.441 e. The second kappa shape index (κ2) is 3.82. The largest absolute Gasteiger partial charge is 0.481 e. The first kappa shape index (κ1) is 12.1. The van der Waals surface area contributed by atoms with Gasteiger partial charge in [-0.05, 0) is 37.5 Å². The quantitative estimate of drug-likeness (QED) is 0.837. The number of hydrogen-bond acceptors (Lipinski definition) is 2. The van der Waals surface area contributed by atoms with Crippen LogP contribution in [-0.2, 0) is 4.79 Å². The van der Waals surface area contributed by atoms with Gasteiger partial charge >= 0.3 is 11.5 Å². The van der Waals surface area contributed by atoms with E-state index in [4.69, 9.17) is 5.11 Å². The molecule has 2 aliphatic carbocycles. The number of fused-ring (bicyclic) bond motifs is 1. The Morgan fingerprint density at radius 2 is 1.94 bits per heavy atom. The highest BCUT2D eigenvalue weighted by molar-refractivity contribution is 8.00. The third-order valence-electron chi connectivity index (χ3n) is 3.67. The Balaban J connectivity index is 1.87. The summed E-state index contributed by atoms with van der Waals surface area (Å²) in [6.07, 6.45) is 2.36. The van der Waals surface area contributed by atoms with E-state index in [0.29, 0.717) is 24.7 Å². The van der Waals surface area contributed by atoms with E-state index in [9.17, 15) is 18.0 Å². The Morgan fingerprint density at radius 3 is 2.38 bits per heavy atom. The maximum absolute atomic E-state index is 12.0. The fourth-order valence-electron chi connectivity index (χ4n) is 2.75. The van der Waals surface area contributed by atoms with Crippen LogP contribution in [0.3, 0.4) is 0 Å². The Hall–Kier alpha value is -0.390. The molecule has 2 saturated carbocycles. The minimum absolute atomic E-state index is 0.111. The molecule has 0 saturated heterocycles. The summed E-state index contributed by atoms with van der Waals surface area (Å²) in [5.74, 6) is -0.128. The number of rotatable bonds is 4. The van der Waals surface area contributed by atoms with Crippen LogP contribution in [0.2, 0.25) is 0 Å². The van der Waals surface area contributed by atoms with Crippen molar-refractivity contribution in [3.63, 3.8) is 0 Å². The molecule has 0 heterocycles. The highest BCUT2D eigenvalue weighted by Crippen LogP contribution is 2.61. The molecular weight excluding hydrogens is 241 g/mol. The molecule has 0 aromatic heterocycles. The number of hydrogen-bond donors (Lipinski definition) is 1. The average molecular weight is 254 g/mol. The molecule has 6 heteroatoms. The summed E-state index contributed by atoms with van der Waals surface area (Å²) in [5, 5.41) is 9.14. The Labute approximate surface area is 95.6 Å². The molecule has 2 aliphatic rings. The number of alkyl halides is 3. The molecule has 0 radical (unpaired) electrons. The van der Waals surface area contributed by atoms with Gasteiger partial charge in [-0.15, -0.1) is 0 Å². The van der Waals surface area contributed by atoms with Crippen molar-refractivity contribution in [2.75, 3.05) is 5.75 Å². The fraction of sp³-hybridized carbons (Fsp3) is 0.900. The van der Waals surface area contributed by atoms with Gasteiger partial charge in [-0.1, -0.05) is 11.8 Å². The van der Waals surface area contributed by atoms with E-state index in [1.54, 1.807) is 0 Å². The molecule has 0 aromatic rings. The van der Waals surface area contributed by atoms with Gasteiger partial charge in [0.25, 0.3) is 0 Å². The van der Waals surface area contributed by atoms with Crippen LogP contribution in [0.15, 0.2) is 0 Å². The maximum atomic E-state index is 12.0.